The maximum atomic E-state index is 10.7. The first-order valence-electron chi connectivity index (χ1n) is 4.59. The summed E-state index contributed by atoms with van der Waals surface area (Å²) in [6.45, 7) is 5.91. The Balaban J connectivity index is 0. The van der Waals surface area contributed by atoms with Gasteiger partial charge in [-0.3, -0.25) is 4.79 Å². The van der Waals surface area contributed by atoms with Crippen LogP contribution in [-0.2, 0) is 0 Å². The zero-order valence-electron chi connectivity index (χ0n) is 9.13. The number of methoxy groups -OCH3 is 1. The Bertz CT molecular complexity index is 313. The fourth-order valence-electron chi connectivity index (χ4n) is 0.973. The lowest BCUT2D eigenvalue weighted by Crippen LogP contribution is -2.10. The summed E-state index contributed by atoms with van der Waals surface area (Å²) in [5, 5.41) is 0. The minimum absolute atomic E-state index is 0. The summed E-state index contributed by atoms with van der Waals surface area (Å²) in [6.07, 6.45) is 0. The van der Waals surface area contributed by atoms with E-state index in [0.717, 1.165) is 5.56 Å². The number of carbonyl (C=O) groups is 1. The standard InChI is InChI=1S/C9H11NO2.C2H6.H2/c1-6-3-4-7(9(10)11)5-8(6)12-2;1-2;/h3-5H,1-2H3,(H2,10,11);1-2H3;1H. The lowest BCUT2D eigenvalue weighted by Gasteiger charge is -2.04. The number of aryl methyl sites for hydroxylation is 1. The molecule has 1 aromatic rings. The van der Waals surface area contributed by atoms with E-state index in [1.165, 1.54) is 0 Å². The quantitative estimate of drug-likeness (QED) is 0.791. The van der Waals surface area contributed by atoms with E-state index in [2.05, 4.69) is 0 Å². The van der Waals surface area contributed by atoms with Gasteiger partial charge < -0.3 is 10.5 Å². The molecule has 0 aliphatic rings. The fourth-order valence-corrected chi connectivity index (χ4v) is 0.973. The van der Waals surface area contributed by atoms with E-state index in [0.29, 0.717) is 11.3 Å². The van der Waals surface area contributed by atoms with Gasteiger partial charge >= 0.3 is 0 Å². The molecule has 80 valence electrons. The van der Waals surface area contributed by atoms with Gasteiger partial charge in [-0.1, -0.05) is 19.9 Å². The number of hydrogen-bond acceptors (Lipinski definition) is 2. The average molecular weight is 197 g/mol. The first kappa shape index (κ1) is 12.5. The Hall–Kier alpha value is -1.51. The third-order valence-electron chi connectivity index (χ3n) is 1.69. The van der Waals surface area contributed by atoms with Crippen molar-refractivity contribution in [1.82, 2.24) is 0 Å². The van der Waals surface area contributed by atoms with Crippen molar-refractivity contribution in [3.8, 4) is 5.75 Å². The zero-order chi connectivity index (χ0) is 11.1. The van der Waals surface area contributed by atoms with Crippen molar-refractivity contribution in [1.29, 1.82) is 0 Å². The molecule has 0 fully saturated rings. The van der Waals surface area contributed by atoms with E-state index in [1.54, 1.807) is 25.3 Å². The van der Waals surface area contributed by atoms with E-state index >= 15 is 0 Å². The third-order valence-corrected chi connectivity index (χ3v) is 1.69. The third kappa shape index (κ3) is 3.09. The number of rotatable bonds is 2. The highest BCUT2D eigenvalue weighted by Gasteiger charge is 2.03. The number of ether oxygens (including phenoxy) is 1. The Morgan fingerprint density at radius 2 is 2.00 bits per heavy atom. The van der Waals surface area contributed by atoms with Crippen molar-refractivity contribution in [3.05, 3.63) is 29.3 Å². The lowest BCUT2D eigenvalue weighted by atomic mass is 10.1. The Kier molecular flexibility index (Phi) is 5.37. The predicted octanol–water partition coefficient (Wildman–Crippen LogP) is 2.37. The van der Waals surface area contributed by atoms with Gasteiger partial charge in [0.15, 0.2) is 0 Å². The second-order valence-corrected chi connectivity index (χ2v) is 2.55. The van der Waals surface area contributed by atoms with Gasteiger partial charge in [0.25, 0.3) is 0 Å². The molecule has 0 spiro atoms. The molecular formula is C11H19NO2. The first-order chi connectivity index (χ1) is 6.65. The van der Waals surface area contributed by atoms with E-state index in [-0.39, 0.29) is 1.43 Å². The van der Waals surface area contributed by atoms with Crippen LogP contribution in [0.5, 0.6) is 5.75 Å². The largest absolute Gasteiger partial charge is 0.496 e. The molecule has 0 aromatic heterocycles. The summed E-state index contributed by atoms with van der Waals surface area (Å²) in [5.41, 5.74) is 6.55. The molecule has 0 atom stereocenters. The summed E-state index contributed by atoms with van der Waals surface area (Å²) >= 11 is 0. The van der Waals surface area contributed by atoms with Crippen LogP contribution in [-0.4, -0.2) is 13.0 Å². The van der Waals surface area contributed by atoms with Gasteiger partial charge in [0.1, 0.15) is 5.75 Å². The molecule has 3 heteroatoms. The van der Waals surface area contributed by atoms with E-state index < -0.39 is 5.91 Å². The van der Waals surface area contributed by atoms with Crippen molar-refractivity contribution >= 4 is 5.91 Å². The molecule has 1 amide bonds. The monoisotopic (exact) mass is 197 g/mol. The molecule has 0 saturated heterocycles. The van der Waals surface area contributed by atoms with Crippen LogP contribution in [0.15, 0.2) is 18.2 Å². The highest BCUT2D eigenvalue weighted by molar-refractivity contribution is 5.93. The van der Waals surface area contributed by atoms with Crippen LogP contribution < -0.4 is 10.5 Å². The van der Waals surface area contributed by atoms with Gasteiger partial charge in [-0.2, -0.15) is 0 Å². The normalized spacial score (nSPS) is 8.57. The predicted molar refractivity (Wildman–Crippen MR) is 59.7 cm³/mol. The Labute approximate surface area is 86.4 Å². The Morgan fingerprint density at radius 3 is 2.43 bits per heavy atom. The average Bonchev–Trinajstić information content (AvgIpc) is 2.21. The van der Waals surface area contributed by atoms with Crippen molar-refractivity contribution in [2.24, 2.45) is 5.73 Å². The maximum Gasteiger partial charge on any atom is 0.248 e. The molecule has 1 aromatic carbocycles. The van der Waals surface area contributed by atoms with Crippen LogP contribution in [0, 0.1) is 6.92 Å². The van der Waals surface area contributed by atoms with Crippen LogP contribution in [0.2, 0.25) is 0 Å². The first-order valence-corrected chi connectivity index (χ1v) is 4.59. The molecule has 3 nitrogen and oxygen atoms in total. The van der Waals surface area contributed by atoms with Crippen molar-refractivity contribution < 1.29 is 11.0 Å². The van der Waals surface area contributed by atoms with Gasteiger partial charge in [0.05, 0.1) is 7.11 Å². The summed E-state index contributed by atoms with van der Waals surface area (Å²) < 4.78 is 5.03. The molecule has 1 rings (SSSR count). The topological polar surface area (TPSA) is 52.3 Å². The maximum absolute atomic E-state index is 10.7. The molecular weight excluding hydrogens is 178 g/mol. The summed E-state index contributed by atoms with van der Waals surface area (Å²) in [4.78, 5) is 10.7. The van der Waals surface area contributed by atoms with Crippen molar-refractivity contribution in [3.63, 3.8) is 0 Å². The number of primary amides is 1. The molecule has 0 heterocycles. The Morgan fingerprint density at radius 1 is 1.43 bits per heavy atom. The SMILES string of the molecule is CC.COc1cc(C(N)=O)ccc1C.[HH]. The molecule has 0 unspecified atom stereocenters. The minimum Gasteiger partial charge on any atom is -0.496 e. The van der Waals surface area contributed by atoms with E-state index in [4.69, 9.17) is 10.5 Å². The molecule has 14 heavy (non-hydrogen) atoms. The number of nitrogens with two attached hydrogens (primary N) is 1. The molecule has 0 saturated carbocycles. The number of carbonyl (C=O) groups excluding carboxylic acids is 1. The van der Waals surface area contributed by atoms with Gasteiger partial charge in [0.2, 0.25) is 5.91 Å². The molecule has 0 radical (unpaired) electrons. The van der Waals surface area contributed by atoms with Crippen LogP contribution in [0.3, 0.4) is 0 Å². The smallest absolute Gasteiger partial charge is 0.248 e. The molecule has 0 aliphatic heterocycles. The van der Waals surface area contributed by atoms with Crippen LogP contribution in [0.1, 0.15) is 31.2 Å². The number of benzene rings is 1. The van der Waals surface area contributed by atoms with Gasteiger partial charge in [0, 0.05) is 6.99 Å². The van der Waals surface area contributed by atoms with Crippen molar-refractivity contribution in [2.45, 2.75) is 20.8 Å². The highest BCUT2D eigenvalue weighted by Crippen LogP contribution is 2.18. The van der Waals surface area contributed by atoms with Crippen LogP contribution in [0.4, 0.5) is 0 Å². The van der Waals surface area contributed by atoms with E-state index in [9.17, 15) is 4.79 Å². The molecule has 2 N–H and O–H groups in total. The highest BCUT2D eigenvalue weighted by atomic mass is 16.5. The van der Waals surface area contributed by atoms with Gasteiger partial charge in [-0.15, -0.1) is 0 Å². The lowest BCUT2D eigenvalue weighted by molar-refractivity contribution is 0.1000. The minimum atomic E-state index is -0.437. The van der Waals surface area contributed by atoms with Gasteiger partial charge in [-0.05, 0) is 24.6 Å². The summed E-state index contributed by atoms with van der Waals surface area (Å²) in [6, 6.07) is 5.12. The summed E-state index contributed by atoms with van der Waals surface area (Å²) in [5.74, 6) is 0.250. The van der Waals surface area contributed by atoms with E-state index in [1.807, 2.05) is 20.8 Å². The summed E-state index contributed by atoms with van der Waals surface area (Å²) in [7, 11) is 1.56. The zero-order valence-corrected chi connectivity index (χ0v) is 9.13. The van der Waals surface area contributed by atoms with Gasteiger partial charge in [-0.25, -0.2) is 0 Å². The second-order valence-electron chi connectivity index (χ2n) is 2.55. The second kappa shape index (κ2) is 6.02. The van der Waals surface area contributed by atoms with Crippen LogP contribution >= 0.6 is 0 Å². The fraction of sp³-hybridized carbons (Fsp3) is 0.364. The van der Waals surface area contributed by atoms with Crippen molar-refractivity contribution in [2.75, 3.05) is 7.11 Å². The number of amides is 1. The molecule has 0 aliphatic carbocycles. The molecule has 0 bridgehead atoms. The number of hydrogen-bond donors (Lipinski definition) is 1. The van der Waals surface area contributed by atoms with Crippen LogP contribution in [0.25, 0.3) is 0 Å².